The van der Waals surface area contributed by atoms with Crippen molar-refractivity contribution in [2.45, 2.75) is 6.54 Å². The van der Waals surface area contributed by atoms with Crippen LogP contribution in [-0.4, -0.2) is 39.7 Å². The fourth-order valence-electron chi connectivity index (χ4n) is 3.77. The van der Waals surface area contributed by atoms with Crippen LogP contribution in [0.25, 0.3) is 27.8 Å². The van der Waals surface area contributed by atoms with Gasteiger partial charge in [-0.3, -0.25) is 9.20 Å². The van der Waals surface area contributed by atoms with E-state index in [2.05, 4.69) is 15.5 Å². The van der Waals surface area contributed by atoms with E-state index in [1.165, 1.54) is 0 Å². The third kappa shape index (κ3) is 3.82. The van der Waals surface area contributed by atoms with Crippen LogP contribution < -0.4 is 14.8 Å². The molecule has 0 saturated carbocycles. The molecule has 0 aliphatic rings. The third-order valence-corrected chi connectivity index (χ3v) is 5.43. The van der Waals surface area contributed by atoms with Crippen LogP contribution >= 0.6 is 0 Å². The topological polar surface area (TPSA) is 90.6 Å². The number of methoxy groups -OCH3 is 2. The van der Waals surface area contributed by atoms with Crippen LogP contribution in [0.4, 0.5) is 0 Å². The van der Waals surface area contributed by atoms with Crippen molar-refractivity contribution >= 4 is 22.5 Å². The van der Waals surface area contributed by atoms with Crippen LogP contribution in [-0.2, 0) is 6.54 Å². The van der Waals surface area contributed by atoms with Crippen molar-refractivity contribution in [3.05, 3.63) is 84.3 Å². The molecule has 0 aliphatic heterocycles. The molecular formula is C25H21N5O3. The van der Waals surface area contributed by atoms with Gasteiger partial charge in [-0.15, -0.1) is 10.2 Å². The van der Waals surface area contributed by atoms with Gasteiger partial charge in [-0.2, -0.15) is 0 Å². The highest BCUT2D eigenvalue weighted by molar-refractivity contribution is 6.07. The summed E-state index contributed by atoms with van der Waals surface area (Å²) >= 11 is 0. The minimum atomic E-state index is -0.219. The number of aromatic nitrogens is 4. The SMILES string of the molecule is COc1ccc(-c2cc(C(=O)NCc3nnc4ccccn34)c3ccccc3n2)cc1OC. The normalized spacial score (nSPS) is 11.0. The first-order chi connectivity index (χ1) is 16.2. The Labute approximate surface area is 189 Å². The summed E-state index contributed by atoms with van der Waals surface area (Å²) < 4.78 is 12.6. The van der Waals surface area contributed by atoms with Gasteiger partial charge in [0.15, 0.2) is 23.0 Å². The number of amides is 1. The van der Waals surface area contributed by atoms with Crippen LogP contribution in [0.3, 0.4) is 0 Å². The second kappa shape index (κ2) is 8.58. The highest BCUT2D eigenvalue weighted by Gasteiger charge is 2.16. The smallest absolute Gasteiger partial charge is 0.252 e. The van der Waals surface area contributed by atoms with Crippen molar-refractivity contribution < 1.29 is 14.3 Å². The summed E-state index contributed by atoms with van der Waals surface area (Å²) in [6.07, 6.45) is 1.87. The van der Waals surface area contributed by atoms with Crippen LogP contribution in [0, 0.1) is 0 Å². The van der Waals surface area contributed by atoms with Gasteiger partial charge < -0.3 is 14.8 Å². The summed E-state index contributed by atoms with van der Waals surface area (Å²) in [7, 11) is 3.18. The van der Waals surface area contributed by atoms with E-state index in [-0.39, 0.29) is 12.5 Å². The van der Waals surface area contributed by atoms with Crippen molar-refractivity contribution in [3.63, 3.8) is 0 Å². The Kier molecular flexibility index (Phi) is 5.32. The number of fused-ring (bicyclic) bond motifs is 2. The third-order valence-electron chi connectivity index (χ3n) is 5.43. The minimum absolute atomic E-state index is 0.219. The Bertz CT molecular complexity index is 1480. The first kappa shape index (κ1) is 20.4. The predicted octanol–water partition coefficient (Wildman–Crippen LogP) is 3.89. The molecule has 3 aromatic heterocycles. The molecule has 0 fully saturated rings. The van der Waals surface area contributed by atoms with Gasteiger partial charge in [0.25, 0.3) is 5.91 Å². The maximum atomic E-state index is 13.3. The Balaban J connectivity index is 1.51. The monoisotopic (exact) mass is 439 g/mol. The van der Waals surface area contributed by atoms with Crippen LogP contribution in [0.15, 0.2) is 72.9 Å². The molecule has 0 radical (unpaired) electrons. The lowest BCUT2D eigenvalue weighted by Crippen LogP contribution is -2.24. The number of nitrogens with one attached hydrogen (secondary N) is 1. The molecule has 5 rings (SSSR count). The highest BCUT2D eigenvalue weighted by Crippen LogP contribution is 2.33. The van der Waals surface area contributed by atoms with Gasteiger partial charge in [0.1, 0.15) is 0 Å². The Morgan fingerprint density at radius 1 is 0.939 bits per heavy atom. The van der Waals surface area contributed by atoms with Crippen molar-refractivity contribution in [1.29, 1.82) is 0 Å². The van der Waals surface area contributed by atoms with E-state index in [1.54, 1.807) is 20.3 Å². The van der Waals surface area contributed by atoms with Gasteiger partial charge >= 0.3 is 0 Å². The van der Waals surface area contributed by atoms with Crippen molar-refractivity contribution in [2.75, 3.05) is 14.2 Å². The summed E-state index contributed by atoms with van der Waals surface area (Å²) in [5.41, 5.74) is 3.46. The molecule has 0 atom stereocenters. The molecule has 0 aliphatic carbocycles. The first-order valence-corrected chi connectivity index (χ1v) is 10.4. The Hall–Kier alpha value is -4.46. The van der Waals surface area contributed by atoms with Gasteiger partial charge in [-0.1, -0.05) is 24.3 Å². The molecule has 8 nitrogen and oxygen atoms in total. The molecular weight excluding hydrogens is 418 g/mol. The van der Waals surface area contributed by atoms with Gasteiger partial charge in [0.2, 0.25) is 0 Å². The summed E-state index contributed by atoms with van der Waals surface area (Å²) in [6.45, 7) is 0.242. The second-order valence-electron chi connectivity index (χ2n) is 7.37. The molecule has 164 valence electrons. The van der Waals surface area contributed by atoms with Crippen LogP contribution in [0.1, 0.15) is 16.2 Å². The standard InChI is InChI=1S/C25H21N5O3/c1-32-21-11-10-16(13-22(21)33-2)20-14-18(17-7-3-4-8-19(17)27-20)25(31)26-15-24-29-28-23-9-5-6-12-30(23)24/h3-14H,15H2,1-2H3,(H,26,31). The minimum Gasteiger partial charge on any atom is -0.493 e. The Morgan fingerprint density at radius 2 is 1.76 bits per heavy atom. The van der Waals surface area contributed by atoms with Crippen LogP contribution in [0.2, 0.25) is 0 Å². The van der Waals surface area contributed by atoms with Gasteiger partial charge in [-0.05, 0) is 42.5 Å². The fourth-order valence-corrected chi connectivity index (χ4v) is 3.77. The number of carbonyl (C=O) groups is 1. The van der Waals surface area contributed by atoms with Gasteiger partial charge in [0, 0.05) is 17.1 Å². The van der Waals surface area contributed by atoms with Crippen molar-refractivity contribution in [2.24, 2.45) is 0 Å². The van der Waals surface area contributed by atoms with Crippen molar-refractivity contribution in [1.82, 2.24) is 24.9 Å². The molecule has 0 bridgehead atoms. The number of carbonyl (C=O) groups excluding carboxylic acids is 1. The lowest BCUT2D eigenvalue weighted by molar-refractivity contribution is 0.0951. The number of rotatable bonds is 6. The zero-order valence-corrected chi connectivity index (χ0v) is 18.1. The first-order valence-electron chi connectivity index (χ1n) is 10.4. The maximum Gasteiger partial charge on any atom is 0.252 e. The van der Waals surface area contributed by atoms with E-state index < -0.39 is 0 Å². The maximum absolute atomic E-state index is 13.3. The number of para-hydroxylation sites is 1. The molecule has 2 aromatic carbocycles. The van der Waals surface area contributed by atoms with E-state index in [1.807, 2.05) is 71.3 Å². The molecule has 33 heavy (non-hydrogen) atoms. The lowest BCUT2D eigenvalue weighted by Gasteiger charge is -2.12. The molecule has 0 unspecified atom stereocenters. The largest absolute Gasteiger partial charge is 0.493 e. The van der Waals surface area contributed by atoms with E-state index in [0.717, 1.165) is 22.1 Å². The zero-order chi connectivity index (χ0) is 22.8. The van der Waals surface area contributed by atoms with Crippen LogP contribution in [0.5, 0.6) is 11.5 Å². The number of hydrogen-bond acceptors (Lipinski definition) is 6. The molecule has 0 spiro atoms. The molecule has 0 saturated heterocycles. The van der Waals surface area contributed by atoms with E-state index in [0.29, 0.717) is 28.6 Å². The average Bonchev–Trinajstić information content (AvgIpc) is 3.29. The fraction of sp³-hybridized carbons (Fsp3) is 0.120. The molecule has 3 heterocycles. The van der Waals surface area contributed by atoms with E-state index in [4.69, 9.17) is 14.5 Å². The van der Waals surface area contributed by atoms with Gasteiger partial charge in [-0.25, -0.2) is 4.98 Å². The van der Waals surface area contributed by atoms with E-state index >= 15 is 0 Å². The number of hydrogen-bond donors (Lipinski definition) is 1. The number of ether oxygens (including phenoxy) is 2. The predicted molar refractivity (Wildman–Crippen MR) is 124 cm³/mol. The number of benzene rings is 2. The summed E-state index contributed by atoms with van der Waals surface area (Å²) in [4.78, 5) is 18.0. The van der Waals surface area contributed by atoms with Crippen molar-refractivity contribution in [3.8, 4) is 22.8 Å². The Morgan fingerprint density at radius 3 is 2.61 bits per heavy atom. The second-order valence-corrected chi connectivity index (χ2v) is 7.37. The lowest BCUT2D eigenvalue weighted by atomic mass is 10.0. The molecule has 1 amide bonds. The highest BCUT2D eigenvalue weighted by atomic mass is 16.5. The molecule has 8 heteroatoms. The number of pyridine rings is 2. The van der Waals surface area contributed by atoms with E-state index in [9.17, 15) is 4.79 Å². The van der Waals surface area contributed by atoms with Gasteiger partial charge in [0.05, 0.1) is 37.5 Å². The zero-order valence-electron chi connectivity index (χ0n) is 18.1. The molecule has 1 N–H and O–H groups in total. The number of nitrogens with zero attached hydrogens (tertiary/aromatic N) is 4. The average molecular weight is 439 g/mol. The molecule has 5 aromatic rings. The summed E-state index contributed by atoms with van der Waals surface area (Å²) in [5, 5.41) is 12.1. The summed E-state index contributed by atoms with van der Waals surface area (Å²) in [5.74, 6) is 1.65. The quantitative estimate of drug-likeness (QED) is 0.432. The summed E-state index contributed by atoms with van der Waals surface area (Å²) in [6, 6.07) is 20.6.